The van der Waals surface area contributed by atoms with Gasteiger partial charge in [0.25, 0.3) is 5.91 Å². The van der Waals surface area contributed by atoms with Crippen molar-refractivity contribution >= 4 is 33.2 Å². The smallest absolute Gasteiger partial charge is 0.262 e. The van der Waals surface area contributed by atoms with Crippen molar-refractivity contribution in [3.63, 3.8) is 0 Å². The summed E-state index contributed by atoms with van der Waals surface area (Å²) in [5.41, 5.74) is 0. The molecule has 1 aromatic heterocycles. The molecule has 0 aliphatic carbocycles. The second-order valence-electron chi connectivity index (χ2n) is 4.23. The molecule has 94 valence electrons. The van der Waals surface area contributed by atoms with Gasteiger partial charge in [0.15, 0.2) is 0 Å². The third-order valence-electron chi connectivity index (χ3n) is 3.23. The lowest BCUT2D eigenvalue weighted by molar-refractivity contribution is 0.0945. The van der Waals surface area contributed by atoms with Crippen molar-refractivity contribution in [2.75, 3.05) is 19.6 Å². The highest BCUT2D eigenvalue weighted by atomic mass is 79.9. The third-order valence-corrected chi connectivity index (χ3v) is 5.06. The third kappa shape index (κ3) is 3.09. The fourth-order valence-corrected chi connectivity index (χ4v) is 3.76. The van der Waals surface area contributed by atoms with E-state index in [0.717, 1.165) is 22.4 Å². The molecule has 0 aromatic carbocycles. The lowest BCUT2D eigenvalue weighted by atomic mass is 10.2. The fraction of sp³-hybridized carbons (Fsp3) is 0.583. The first-order valence-electron chi connectivity index (χ1n) is 5.97. The largest absolute Gasteiger partial charge is 0.350 e. The van der Waals surface area contributed by atoms with Crippen LogP contribution in [0.25, 0.3) is 0 Å². The van der Waals surface area contributed by atoms with Gasteiger partial charge in [0, 0.05) is 17.1 Å². The highest BCUT2D eigenvalue weighted by Crippen LogP contribution is 2.22. The predicted molar refractivity (Wildman–Crippen MR) is 74.6 cm³/mol. The van der Waals surface area contributed by atoms with Crippen molar-refractivity contribution in [2.45, 2.75) is 25.8 Å². The minimum atomic E-state index is 0.0369. The predicted octanol–water partition coefficient (Wildman–Crippen LogP) is 2.72. The summed E-state index contributed by atoms with van der Waals surface area (Å²) < 4.78 is 0.888. The standard InChI is InChI=1S/C12H17BrN2OS/c1-2-15-6-3-4-9(15)8-14-12(16)11-10(13)5-7-17-11/h5,7,9H,2-4,6,8H2,1H3,(H,14,16). The van der Waals surface area contributed by atoms with Crippen LogP contribution in [0.4, 0.5) is 0 Å². The molecule has 2 heterocycles. The van der Waals surface area contributed by atoms with Crippen molar-refractivity contribution < 1.29 is 4.79 Å². The van der Waals surface area contributed by atoms with Gasteiger partial charge in [-0.1, -0.05) is 6.92 Å². The summed E-state index contributed by atoms with van der Waals surface area (Å²) >= 11 is 4.86. The second-order valence-corrected chi connectivity index (χ2v) is 6.00. The van der Waals surface area contributed by atoms with E-state index in [9.17, 15) is 4.79 Å². The first-order valence-corrected chi connectivity index (χ1v) is 7.65. The molecule has 5 heteroatoms. The normalized spacial score (nSPS) is 20.7. The second kappa shape index (κ2) is 5.98. The van der Waals surface area contributed by atoms with Crippen molar-refractivity contribution in [3.05, 3.63) is 20.8 Å². The van der Waals surface area contributed by atoms with Crippen molar-refractivity contribution in [1.82, 2.24) is 10.2 Å². The molecule has 1 aliphatic rings. The Hall–Kier alpha value is -0.390. The average Bonchev–Trinajstić information content (AvgIpc) is 2.94. The molecule has 1 aromatic rings. The Balaban J connectivity index is 1.86. The van der Waals surface area contributed by atoms with Crippen LogP contribution < -0.4 is 5.32 Å². The molecule has 0 spiro atoms. The van der Waals surface area contributed by atoms with Crippen LogP contribution in [0.5, 0.6) is 0 Å². The summed E-state index contributed by atoms with van der Waals surface area (Å²) in [6, 6.07) is 2.43. The molecule has 17 heavy (non-hydrogen) atoms. The number of halogens is 1. The number of likely N-dealkylation sites (N-methyl/N-ethyl adjacent to an activating group) is 1. The number of nitrogens with one attached hydrogen (secondary N) is 1. The average molecular weight is 317 g/mol. The molecule has 2 rings (SSSR count). The first kappa shape index (κ1) is 13.1. The molecule has 1 aliphatic heterocycles. The maximum Gasteiger partial charge on any atom is 0.262 e. The zero-order valence-electron chi connectivity index (χ0n) is 9.91. The Labute approximate surface area is 114 Å². The van der Waals surface area contributed by atoms with Crippen LogP contribution in [0, 0.1) is 0 Å². The molecule has 1 N–H and O–H groups in total. The van der Waals surface area contributed by atoms with Gasteiger partial charge in [0.2, 0.25) is 0 Å². The molecular weight excluding hydrogens is 300 g/mol. The van der Waals surface area contributed by atoms with Crippen LogP contribution in [-0.4, -0.2) is 36.5 Å². The molecule has 1 atom stereocenters. The minimum absolute atomic E-state index is 0.0369. The summed E-state index contributed by atoms with van der Waals surface area (Å²) in [5, 5.41) is 4.96. The van der Waals surface area contributed by atoms with Gasteiger partial charge in [0.05, 0.1) is 0 Å². The van der Waals surface area contributed by atoms with Crippen molar-refractivity contribution in [2.24, 2.45) is 0 Å². The van der Waals surface area contributed by atoms with Crippen LogP contribution >= 0.6 is 27.3 Å². The van der Waals surface area contributed by atoms with E-state index in [-0.39, 0.29) is 5.91 Å². The van der Waals surface area contributed by atoms with Gasteiger partial charge >= 0.3 is 0 Å². The Morgan fingerprint density at radius 2 is 2.53 bits per heavy atom. The van der Waals surface area contributed by atoms with Gasteiger partial charge in [-0.25, -0.2) is 0 Å². The monoisotopic (exact) mass is 316 g/mol. The van der Waals surface area contributed by atoms with E-state index in [2.05, 4.69) is 33.1 Å². The van der Waals surface area contributed by atoms with Gasteiger partial charge in [-0.05, 0) is 53.3 Å². The van der Waals surface area contributed by atoms with E-state index >= 15 is 0 Å². The van der Waals surface area contributed by atoms with Crippen LogP contribution in [0.2, 0.25) is 0 Å². The Bertz CT molecular complexity index is 394. The maximum absolute atomic E-state index is 11.9. The van der Waals surface area contributed by atoms with Gasteiger partial charge < -0.3 is 5.32 Å². The topological polar surface area (TPSA) is 32.3 Å². The summed E-state index contributed by atoms with van der Waals surface area (Å²) in [5.74, 6) is 0.0369. The Morgan fingerprint density at radius 1 is 1.71 bits per heavy atom. The summed E-state index contributed by atoms with van der Waals surface area (Å²) in [4.78, 5) is 15.1. The van der Waals surface area contributed by atoms with Crippen molar-refractivity contribution in [3.8, 4) is 0 Å². The van der Waals surface area contributed by atoms with Crippen LogP contribution in [0.3, 0.4) is 0 Å². The summed E-state index contributed by atoms with van der Waals surface area (Å²) in [6.07, 6.45) is 2.44. The molecule has 3 nitrogen and oxygen atoms in total. The van der Waals surface area contributed by atoms with E-state index in [1.807, 2.05) is 11.4 Å². The number of carbonyl (C=O) groups excluding carboxylic acids is 1. The van der Waals surface area contributed by atoms with Crippen LogP contribution in [0.15, 0.2) is 15.9 Å². The van der Waals surface area contributed by atoms with Crippen LogP contribution in [0.1, 0.15) is 29.4 Å². The van der Waals surface area contributed by atoms with E-state index in [0.29, 0.717) is 6.04 Å². The number of nitrogens with zero attached hydrogens (tertiary/aromatic N) is 1. The Morgan fingerprint density at radius 3 is 3.18 bits per heavy atom. The number of likely N-dealkylation sites (tertiary alicyclic amines) is 1. The number of thiophene rings is 1. The van der Waals surface area contributed by atoms with Gasteiger partial charge in [-0.15, -0.1) is 11.3 Å². The summed E-state index contributed by atoms with van der Waals surface area (Å²) in [6.45, 7) is 5.18. The van der Waals surface area contributed by atoms with Crippen LogP contribution in [-0.2, 0) is 0 Å². The lowest BCUT2D eigenvalue weighted by Crippen LogP contribution is -2.39. The first-order chi connectivity index (χ1) is 8.22. The number of carbonyl (C=O) groups is 1. The molecule has 0 bridgehead atoms. The van der Waals surface area contributed by atoms with Gasteiger partial charge in [0.1, 0.15) is 4.88 Å². The molecule has 1 fully saturated rings. The van der Waals surface area contributed by atoms with Crippen molar-refractivity contribution in [1.29, 1.82) is 0 Å². The van der Waals surface area contributed by atoms with E-state index < -0.39 is 0 Å². The molecule has 0 saturated carbocycles. The molecule has 1 saturated heterocycles. The SMILES string of the molecule is CCN1CCCC1CNC(=O)c1sccc1Br. The zero-order valence-corrected chi connectivity index (χ0v) is 12.3. The zero-order chi connectivity index (χ0) is 12.3. The highest BCUT2D eigenvalue weighted by Gasteiger charge is 2.23. The fourth-order valence-electron chi connectivity index (χ4n) is 2.29. The maximum atomic E-state index is 11.9. The molecular formula is C12H17BrN2OS. The number of hydrogen-bond donors (Lipinski definition) is 1. The van der Waals surface area contributed by atoms with Gasteiger partial charge in [-0.3, -0.25) is 9.69 Å². The van der Waals surface area contributed by atoms with E-state index in [1.165, 1.54) is 30.7 Å². The lowest BCUT2D eigenvalue weighted by Gasteiger charge is -2.22. The molecule has 0 radical (unpaired) electrons. The minimum Gasteiger partial charge on any atom is -0.350 e. The Kier molecular flexibility index (Phi) is 4.59. The number of amides is 1. The number of hydrogen-bond acceptors (Lipinski definition) is 3. The van der Waals surface area contributed by atoms with Gasteiger partial charge in [-0.2, -0.15) is 0 Å². The highest BCUT2D eigenvalue weighted by molar-refractivity contribution is 9.10. The van der Waals surface area contributed by atoms with E-state index in [1.54, 1.807) is 0 Å². The summed E-state index contributed by atoms with van der Waals surface area (Å²) in [7, 11) is 0. The molecule has 1 unspecified atom stereocenters. The quantitative estimate of drug-likeness (QED) is 0.926. The molecule has 1 amide bonds. The number of rotatable bonds is 4. The van der Waals surface area contributed by atoms with E-state index in [4.69, 9.17) is 0 Å².